The first-order chi connectivity index (χ1) is 12.8. The number of rotatable bonds is 2. The van der Waals surface area contributed by atoms with E-state index >= 15 is 0 Å². The smallest absolute Gasteiger partial charge is 0.435 e. The topological polar surface area (TPSA) is 89.5 Å². The molecule has 0 bridgehead atoms. The molecule has 0 aliphatic rings. The first-order valence-corrected chi connectivity index (χ1v) is 7.58. The number of fused-ring (bicyclic) bond motifs is 2. The molecule has 7 nitrogen and oxygen atoms in total. The standard InChI is InChI=1S/C17H9F3N4O3/c18-17(19,20)14-6-15-21-7-9(8-24(15)23-14)22-16(26)13-5-11(25)10-3-1-2-4-12(10)27-13/h1-8H,(H,22,26). The van der Waals surface area contributed by atoms with E-state index in [9.17, 15) is 22.8 Å². The van der Waals surface area contributed by atoms with Gasteiger partial charge in [-0.15, -0.1) is 0 Å². The van der Waals surface area contributed by atoms with Gasteiger partial charge in [-0.3, -0.25) is 9.59 Å². The van der Waals surface area contributed by atoms with Gasteiger partial charge < -0.3 is 9.73 Å². The second-order valence-electron chi connectivity index (χ2n) is 5.60. The molecule has 4 rings (SSSR count). The SMILES string of the molecule is O=C(Nc1cnc2cc(C(F)(F)F)nn2c1)c1cc(=O)c2ccccc2o1. The molecule has 10 heteroatoms. The molecule has 1 aromatic carbocycles. The van der Waals surface area contributed by atoms with E-state index in [1.54, 1.807) is 24.3 Å². The maximum Gasteiger partial charge on any atom is 0.435 e. The highest BCUT2D eigenvalue weighted by atomic mass is 19.4. The van der Waals surface area contributed by atoms with E-state index in [2.05, 4.69) is 15.4 Å². The van der Waals surface area contributed by atoms with Gasteiger partial charge >= 0.3 is 6.18 Å². The van der Waals surface area contributed by atoms with Crippen LogP contribution in [0.2, 0.25) is 0 Å². The van der Waals surface area contributed by atoms with Gasteiger partial charge in [-0.1, -0.05) is 12.1 Å². The number of nitrogens with one attached hydrogen (secondary N) is 1. The maximum absolute atomic E-state index is 12.7. The van der Waals surface area contributed by atoms with E-state index in [1.165, 1.54) is 12.4 Å². The van der Waals surface area contributed by atoms with Crippen LogP contribution in [0, 0.1) is 0 Å². The molecule has 4 aromatic rings. The third-order valence-corrected chi connectivity index (χ3v) is 3.72. The summed E-state index contributed by atoms with van der Waals surface area (Å²) in [4.78, 5) is 28.2. The Bertz CT molecular complexity index is 1240. The number of aromatic nitrogens is 3. The number of hydrogen-bond donors (Lipinski definition) is 1. The monoisotopic (exact) mass is 374 g/mol. The Balaban J connectivity index is 1.65. The lowest BCUT2D eigenvalue weighted by molar-refractivity contribution is -0.141. The quantitative estimate of drug-likeness (QED) is 0.582. The van der Waals surface area contributed by atoms with Crippen molar-refractivity contribution < 1.29 is 22.4 Å². The van der Waals surface area contributed by atoms with Crippen molar-refractivity contribution in [3.8, 4) is 0 Å². The van der Waals surface area contributed by atoms with Crippen LogP contribution in [-0.2, 0) is 6.18 Å². The maximum atomic E-state index is 12.7. The van der Waals surface area contributed by atoms with E-state index in [0.29, 0.717) is 5.39 Å². The van der Waals surface area contributed by atoms with Crippen LogP contribution >= 0.6 is 0 Å². The summed E-state index contributed by atoms with van der Waals surface area (Å²) in [7, 11) is 0. The zero-order valence-corrected chi connectivity index (χ0v) is 13.3. The van der Waals surface area contributed by atoms with Crippen LogP contribution < -0.4 is 10.7 Å². The normalized spacial score (nSPS) is 11.8. The molecule has 0 saturated carbocycles. The van der Waals surface area contributed by atoms with Gasteiger partial charge in [0.15, 0.2) is 22.5 Å². The number of benzene rings is 1. The van der Waals surface area contributed by atoms with E-state index in [0.717, 1.165) is 16.6 Å². The fraction of sp³-hybridized carbons (Fsp3) is 0.0588. The molecule has 1 amide bonds. The lowest BCUT2D eigenvalue weighted by Gasteiger charge is -2.05. The molecule has 1 N–H and O–H groups in total. The average Bonchev–Trinajstić information content (AvgIpc) is 3.05. The van der Waals surface area contributed by atoms with E-state index in [4.69, 9.17) is 4.42 Å². The number of anilines is 1. The molecule has 0 saturated heterocycles. The van der Waals surface area contributed by atoms with E-state index in [1.807, 2.05) is 0 Å². The minimum Gasteiger partial charge on any atom is -0.451 e. The minimum absolute atomic E-state index is 0.0300. The summed E-state index contributed by atoms with van der Waals surface area (Å²) >= 11 is 0. The Morgan fingerprint density at radius 3 is 2.74 bits per heavy atom. The fourth-order valence-corrected chi connectivity index (χ4v) is 2.49. The lowest BCUT2D eigenvalue weighted by Crippen LogP contribution is -2.15. The Morgan fingerprint density at radius 2 is 1.96 bits per heavy atom. The summed E-state index contributed by atoms with van der Waals surface area (Å²) in [5.41, 5.74) is -1.19. The van der Waals surface area contributed by atoms with Crippen molar-refractivity contribution in [1.82, 2.24) is 14.6 Å². The molecule has 0 aliphatic heterocycles. The van der Waals surface area contributed by atoms with Crippen LogP contribution in [0.1, 0.15) is 16.2 Å². The summed E-state index contributed by atoms with van der Waals surface area (Å²) in [5.74, 6) is -0.988. The molecule has 0 unspecified atom stereocenters. The third kappa shape index (κ3) is 3.12. The highest BCUT2D eigenvalue weighted by Gasteiger charge is 2.34. The molecule has 3 aromatic heterocycles. The second-order valence-corrected chi connectivity index (χ2v) is 5.60. The molecule has 3 heterocycles. The number of amides is 1. The van der Waals surface area contributed by atoms with Gasteiger partial charge in [0.1, 0.15) is 5.58 Å². The Morgan fingerprint density at radius 1 is 1.19 bits per heavy atom. The average molecular weight is 374 g/mol. The summed E-state index contributed by atoms with van der Waals surface area (Å²) in [6.07, 6.45) is -2.26. The van der Waals surface area contributed by atoms with Crippen molar-refractivity contribution in [2.75, 3.05) is 5.32 Å². The molecule has 0 fully saturated rings. The van der Waals surface area contributed by atoms with Crippen LogP contribution in [-0.4, -0.2) is 20.5 Å². The van der Waals surface area contributed by atoms with Gasteiger partial charge in [-0.2, -0.15) is 18.3 Å². The molecule has 0 radical (unpaired) electrons. The molecule has 0 aliphatic carbocycles. The van der Waals surface area contributed by atoms with Crippen molar-refractivity contribution in [2.45, 2.75) is 6.18 Å². The van der Waals surface area contributed by atoms with Gasteiger partial charge in [-0.05, 0) is 12.1 Å². The molecule has 0 atom stereocenters. The number of para-hydroxylation sites is 1. The number of alkyl halides is 3. The van der Waals surface area contributed by atoms with Crippen molar-refractivity contribution in [3.05, 3.63) is 70.5 Å². The highest BCUT2D eigenvalue weighted by Crippen LogP contribution is 2.28. The van der Waals surface area contributed by atoms with Gasteiger partial charge in [0.05, 0.1) is 23.5 Å². The molecule has 27 heavy (non-hydrogen) atoms. The number of carbonyl (C=O) groups excluding carboxylic acids is 1. The van der Waals surface area contributed by atoms with Gasteiger partial charge in [0.25, 0.3) is 5.91 Å². The Kier molecular flexibility index (Phi) is 3.69. The number of carbonyl (C=O) groups is 1. The largest absolute Gasteiger partial charge is 0.451 e. The van der Waals surface area contributed by atoms with Crippen LogP contribution in [0.15, 0.2) is 58.0 Å². The molecular formula is C17H9F3N4O3. The predicted molar refractivity (Wildman–Crippen MR) is 88.4 cm³/mol. The number of halogens is 3. The molecule has 0 spiro atoms. The third-order valence-electron chi connectivity index (χ3n) is 3.72. The summed E-state index contributed by atoms with van der Waals surface area (Å²) in [6.45, 7) is 0. The number of hydrogen-bond acceptors (Lipinski definition) is 5. The van der Waals surface area contributed by atoms with Gasteiger partial charge in [0, 0.05) is 12.1 Å². The van der Waals surface area contributed by atoms with Crippen LogP contribution in [0.25, 0.3) is 16.6 Å². The highest BCUT2D eigenvalue weighted by molar-refractivity contribution is 6.02. The Labute approximate surface area is 148 Å². The van der Waals surface area contributed by atoms with Gasteiger partial charge in [0.2, 0.25) is 0 Å². The van der Waals surface area contributed by atoms with Crippen molar-refractivity contribution in [3.63, 3.8) is 0 Å². The zero-order valence-electron chi connectivity index (χ0n) is 13.3. The van der Waals surface area contributed by atoms with Crippen molar-refractivity contribution in [1.29, 1.82) is 0 Å². The lowest BCUT2D eigenvalue weighted by atomic mass is 10.2. The van der Waals surface area contributed by atoms with Crippen molar-refractivity contribution in [2.24, 2.45) is 0 Å². The van der Waals surface area contributed by atoms with Crippen LogP contribution in [0.3, 0.4) is 0 Å². The summed E-state index contributed by atoms with van der Waals surface area (Å²) in [6, 6.07) is 8.26. The van der Waals surface area contributed by atoms with E-state index < -0.39 is 23.2 Å². The minimum atomic E-state index is -4.61. The summed E-state index contributed by atoms with van der Waals surface area (Å²) < 4.78 is 44.4. The van der Waals surface area contributed by atoms with Crippen molar-refractivity contribution >= 4 is 28.2 Å². The van der Waals surface area contributed by atoms with Crippen LogP contribution in [0.4, 0.5) is 18.9 Å². The predicted octanol–water partition coefficient (Wildman–Crippen LogP) is 3.11. The summed E-state index contributed by atoms with van der Waals surface area (Å²) in [5, 5.41) is 6.13. The van der Waals surface area contributed by atoms with Gasteiger partial charge in [-0.25, -0.2) is 9.50 Å². The second kappa shape index (κ2) is 5.94. The van der Waals surface area contributed by atoms with Crippen LogP contribution in [0.5, 0.6) is 0 Å². The Hall–Kier alpha value is -3.69. The molecule has 136 valence electrons. The first-order valence-electron chi connectivity index (χ1n) is 7.58. The number of nitrogens with zero attached hydrogens (tertiary/aromatic N) is 3. The zero-order chi connectivity index (χ0) is 19.2. The first kappa shape index (κ1) is 16.8. The van der Waals surface area contributed by atoms with E-state index in [-0.39, 0.29) is 22.7 Å². The fourth-order valence-electron chi connectivity index (χ4n) is 2.49. The molecular weight excluding hydrogens is 365 g/mol.